The Bertz CT molecular complexity index is 421. The summed E-state index contributed by atoms with van der Waals surface area (Å²) < 4.78 is 36.8. The molecule has 0 aromatic carbocycles. The average molecular weight is 251 g/mol. The number of aliphatic hydroxyl groups is 2. The van der Waals surface area contributed by atoms with Gasteiger partial charge in [0, 0.05) is 6.20 Å². The minimum atomic E-state index is -4.70. The molecule has 0 fully saturated rings. The third-order valence-electron chi connectivity index (χ3n) is 1.97. The van der Waals surface area contributed by atoms with Gasteiger partial charge in [-0.05, 0) is 17.7 Å². The quantitative estimate of drug-likeness (QED) is 0.731. The van der Waals surface area contributed by atoms with Crippen LogP contribution in [0, 0.1) is 0 Å². The van der Waals surface area contributed by atoms with E-state index in [4.69, 9.17) is 10.2 Å². The van der Waals surface area contributed by atoms with Crippen LogP contribution >= 0.6 is 0 Å². The normalized spacial score (nSPS) is 15.4. The molecule has 17 heavy (non-hydrogen) atoms. The first-order valence-electron chi connectivity index (χ1n) is 4.35. The fourth-order valence-electron chi connectivity index (χ4n) is 1.10. The fraction of sp³-hybridized carbons (Fsp3) is 0.333. The summed E-state index contributed by atoms with van der Waals surface area (Å²) in [5.74, 6) is -1.73. The molecule has 3 N–H and O–H groups in total. The summed E-state index contributed by atoms with van der Waals surface area (Å²) in [6, 6.07) is 1.48. The van der Waals surface area contributed by atoms with E-state index in [0.29, 0.717) is 6.07 Å². The van der Waals surface area contributed by atoms with Crippen molar-refractivity contribution in [2.75, 3.05) is 0 Å². The van der Waals surface area contributed by atoms with Crippen LogP contribution in [0.2, 0.25) is 0 Å². The smallest absolute Gasteiger partial charge is 0.433 e. The zero-order valence-corrected chi connectivity index (χ0v) is 8.22. The summed E-state index contributed by atoms with van der Waals surface area (Å²) in [5, 5.41) is 26.7. The van der Waals surface area contributed by atoms with Crippen molar-refractivity contribution in [2.45, 2.75) is 18.4 Å². The summed E-state index contributed by atoms with van der Waals surface area (Å²) in [6.45, 7) is 0. The summed E-state index contributed by atoms with van der Waals surface area (Å²) >= 11 is 0. The van der Waals surface area contributed by atoms with Crippen molar-refractivity contribution in [3.05, 3.63) is 29.6 Å². The predicted molar refractivity (Wildman–Crippen MR) is 47.8 cm³/mol. The van der Waals surface area contributed by atoms with Crippen LogP contribution in [-0.4, -0.2) is 32.4 Å². The molecule has 0 saturated heterocycles. The van der Waals surface area contributed by atoms with Gasteiger partial charge in [0.15, 0.2) is 6.10 Å². The van der Waals surface area contributed by atoms with Crippen molar-refractivity contribution in [1.82, 2.24) is 4.98 Å². The Kier molecular flexibility index (Phi) is 3.69. The number of hydrogen-bond donors (Lipinski definition) is 3. The highest BCUT2D eigenvalue weighted by molar-refractivity contribution is 5.73. The lowest BCUT2D eigenvalue weighted by Crippen LogP contribution is -2.27. The highest BCUT2D eigenvalue weighted by Crippen LogP contribution is 2.29. The lowest BCUT2D eigenvalue weighted by Gasteiger charge is -2.15. The summed E-state index contributed by atoms with van der Waals surface area (Å²) in [4.78, 5) is 13.4. The summed E-state index contributed by atoms with van der Waals surface area (Å²) in [5.41, 5.74) is -1.64. The monoisotopic (exact) mass is 251 g/mol. The first kappa shape index (κ1) is 13.4. The molecule has 2 unspecified atom stereocenters. The van der Waals surface area contributed by atoms with E-state index in [1.165, 1.54) is 0 Å². The SMILES string of the molecule is O=C(O)C(O)C(O)c1ccnc(C(F)(F)F)c1. The van der Waals surface area contributed by atoms with Crippen LogP contribution in [0.25, 0.3) is 0 Å². The van der Waals surface area contributed by atoms with Crippen molar-refractivity contribution in [3.63, 3.8) is 0 Å². The van der Waals surface area contributed by atoms with E-state index in [-0.39, 0.29) is 5.56 Å². The van der Waals surface area contributed by atoms with E-state index in [0.717, 1.165) is 12.3 Å². The zero-order chi connectivity index (χ0) is 13.2. The average Bonchev–Trinajstić information content (AvgIpc) is 2.26. The van der Waals surface area contributed by atoms with Gasteiger partial charge in [0.2, 0.25) is 0 Å². The van der Waals surface area contributed by atoms with Gasteiger partial charge < -0.3 is 15.3 Å². The predicted octanol–water partition coefficient (Wildman–Crippen LogP) is 0.579. The van der Waals surface area contributed by atoms with Crippen molar-refractivity contribution in [3.8, 4) is 0 Å². The molecule has 1 aromatic heterocycles. The number of aromatic nitrogens is 1. The van der Waals surface area contributed by atoms with Gasteiger partial charge in [-0.3, -0.25) is 4.98 Å². The van der Waals surface area contributed by atoms with Gasteiger partial charge in [-0.2, -0.15) is 13.2 Å². The molecule has 2 atom stereocenters. The number of carboxylic acid groups (broad SMARTS) is 1. The van der Waals surface area contributed by atoms with Gasteiger partial charge in [0.05, 0.1) is 0 Å². The van der Waals surface area contributed by atoms with Crippen LogP contribution in [0.1, 0.15) is 17.4 Å². The maximum absolute atomic E-state index is 12.3. The standard InChI is InChI=1S/C9H8F3NO4/c10-9(11,12)5-3-4(1-2-13-5)6(14)7(15)8(16)17/h1-3,6-7,14-15H,(H,16,17). The fourth-order valence-corrected chi connectivity index (χ4v) is 1.10. The van der Waals surface area contributed by atoms with Gasteiger partial charge >= 0.3 is 12.1 Å². The maximum Gasteiger partial charge on any atom is 0.433 e. The second-order valence-corrected chi connectivity index (χ2v) is 3.20. The Balaban J connectivity index is 3.04. The molecular formula is C9H8F3NO4. The highest BCUT2D eigenvalue weighted by atomic mass is 19.4. The number of halogens is 3. The van der Waals surface area contributed by atoms with Crippen molar-refractivity contribution < 1.29 is 33.3 Å². The van der Waals surface area contributed by atoms with E-state index in [9.17, 15) is 23.1 Å². The molecule has 1 aromatic rings. The van der Waals surface area contributed by atoms with Crippen LogP contribution in [-0.2, 0) is 11.0 Å². The third kappa shape index (κ3) is 3.14. The third-order valence-corrected chi connectivity index (χ3v) is 1.97. The van der Waals surface area contributed by atoms with Crippen molar-refractivity contribution in [1.29, 1.82) is 0 Å². The highest BCUT2D eigenvalue weighted by Gasteiger charge is 2.34. The maximum atomic E-state index is 12.3. The van der Waals surface area contributed by atoms with Crippen LogP contribution in [0.4, 0.5) is 13.2 Å². The molecule has 0 amide bonds. The van der Waals surface area contributed by atoms with Crippen LogP contribution < -0.4 is 0 Å². The number of carboxylic acids is 1. The van der Waals surface area contributed by atoms with Crippen molar-refractivity contribution in [2.24, 2.45) is 0 Å². The Morgan fingerprint density at radius 2 is 1.94 bits per heavy atom. The molecule has 0 aliphatic carbocycles. The van der Waals surface area contributed by atoms with Gasteiger partial charge in [0.1, 0.15) is 11.8 Å². The Hall–Kier alpha value is -1.67. The lowest BCUT2D eigenvalue weighted by molar-refractivity contribution is -0.153. The summed E-state index contributed by atoms with van der Waals surface area (Å²) in [7, 11) is 0. The molecule has 0 bridgehead atoms. The van der Waals surface area contributed by atoms with Crippen LogP contribution in [0.15, 0.2) is 18.3 Å². The molecule has 0 aliphatic rings. The van der Waals surface area contributed by atoms with E-state index in [2.05, 4.69) is 4.98 Å². The first-order valence-corrected chi connectivity index (χ1v) is 4.35. The van der Waals surface area contributed by atoms with E-state index in [1.54, 1.807) is 0 Å². The van der Waals surface area contributed by atoms with E-state index < -0.39 is 30.0 Å². The molecular weight excluding hydrogens is 243 g/mol. The number of carbonyl (C=O) groups is 1. The molecule has 0 saturated carbocycles. The number of hydrogen-bond acceptors (Lipinski definition) is 4. The lowest BCUT2D eigenvalue weighted by atomic mass is 10.0. The van der Waals surface area contributed by atoms with Crippen LogP contribution in [0.5, 0.6) is 0 Å². The zero-order valence-electron chi connectivity index (χ0n) is 8.22. The minimum absolute atomic E-state index is 0.373. The molecule has 1 rings (SSSR count). The van der Waals surface area contributed by atoms with Crippen molar-refractivity contribution >= 4 is 5.97 Å². The largest absolute Gasteiger partial charge is 0.479 e. The number of nitrogens with zero attached hydrogens (tertiary/aromatic N) is 1. The van der Waals surface area contributed by atoms with Gasteiger partial charge in [-0.1, -0.05) is 0 Å². The Labute approximate surface area is 93.2 Å². The first-order chi connectivity index (χ1) is 7.73. The minimum Gasteiger partial charge on any atom is -0.479 e. The van der Waals surface area contributed by atoms with E-state index in [1.807, 2.05) is 0 Å². The topological polar surface area (TPSA) is 90.7 Å². The van der Waals surface area contributed by atoms with Gasteiger partial charge in [-0.25, -0.2) is 4.79 Å². The number of alkyl halides is 3. The second-order valence-electron chi connectivity index (χ2n) is 3.20. The summed E-state index contributed by atoms with van der Waals surface area (Å²) in [6.07, 6.45) is -8.07. The number of rotatable bonds is 3. The molecule has 1 heterocycles. The molecule has 5 nitrogen and oxygen atoms in total. The number of aliphatic hydroxyl groups excluding tert-OH is 2. The Morgan fingerprint density at radius 3 is 2.41 bits per heavy atom. The number of aliphatic carboxylic acids is 1. The van der Waals surface area contributed by atoms with Gasteiger partial charge in [-0.15, -0.1) is 0 Å². The molecule has 94 valence electrons. The molecule has 0 aliphatic heterocycles. The number of pyridine rings is 1. The molecule has 8 heteroatoms. The molecule has 0 spiro atoms. The van der Waals surface area contributed by atoms with E-state index >= 15 is 0 Å². The molecule has 0 radical (unpaired) electrons. The second kappa shape index (κ2) is 4.68. The Morgan fingerprint density at radius 1 is 1.35 bits per heavy atom. The van der Waals surface area contributed by atoms with Gasteiger partial charge in [0.25, 0.3) is 0 Å². The van der Waals surface area contributed by atoms with Crippen LogP contribution in [0.3, 0.4) is 0 Å².